The van der Waals surface area contributed by atoms with E-state index in [-0.39, 0.29) is 17.7 Å². The van der Waals surface area contributed by atoms with Crippen LogP contribution < -0.4 is 14.2 Å². The van der Waals surface area contributed by atoms with E-state index in [0.29, 0.717) is 5.75 Å². The molecule has 0 bridgehead atoms. The fourth-order valence-corrected chi connectivity index (χ4v) is 3.54. The van der Waals surface area contributed by atoms with E-state index in [1.165, 1.54) is 0 Å². The predicted octanol–water partition coefficient (Wildman–Crippen LogP) is 3.10. The van der Waals surface area contributed by atoms with Gasteiger partial charge in [0.2, 0.25) is 16.8 Å². The van der Waals surface area contributed by atoms with Crippen LogP contribution in [0.1, 0.15) is 18.1 Å². The number of aryl methyl sites for hydroxylation is 1. The smallest absolute Gasteiger partial charge is 0.241 e. The second-order valence-corrected chi connectivity index (χ2v) is 7.41. The van der Waals surface area contributed by atoms with Crippen LogP contribution in [0.4, 0.5) is 0 Å². The highest BCUT2D eigenvalue weighted by molar-refractivity contribution is 7.89. The zero-order valence-corrected chi connectivity index (χ0v) is 14.3. The number of hydrogen-bond acceptors (Lipinski definition) is 4. The molecule has 0 saturated heterocycles. The molecule has 0 spiro atoms. The van der Waals surface area contributed by atoms with E-state index in [9.17, 15) is 8.42 Å². The lowest BCUT2D eigenvalue weighted by molar-refractivity contribution is 0.174. The number of sulfonamides is 1. The van der Waals surface area contributed by atoms with Crippen LogP contribution in [-0.4, -0.2) is 21.3 Å². The van der Waals surface area contributed by atoms with E-state index in [4.69, 9.17) is 9.47 Å². The number of hydrogen-bond donors (Lipinski definition) is 1. The van der Waals surface area contributed by atoms with Crippen molar-refractivity contribution in [1.82, 2.24) is 4.72 Å². The molecule has 0 radical (unpaired) electrons. The van der Waals surface area contributed by atoms with Crippen molar-refractivity contribution in [2.45, 2.75) is 24.8 Å². The lowest BCUT2D eigenvalue weighted by Gasteiger charge is -2.11. The normalized spacial score (nSPS) is 14.9. The number of fused-ring (bicyclic) bond motifs is 1. The van der Waals surface area contributed by atoms with Gasteiger partial charge in [-0.1, -0.05) is 35.9 Å². The molecule has 0 amide bonds. The zero-order valence-electron chi connectivity index (χ0n) is 13.5. The summed E-state index contributed by atoms with van der Waals surface area (Å²) >= 11 is 0. The quantitative estimate of drug-likeness (QED) is 0.904. The molecule has 3 rings (SSSR count). The summed E-state index contributed by atoms with van der Waals surface area (Å²) in [6.45, 7) is 3.94. The van der Waals surface area contributed by atoms with Crippen molar-refractivity contribution in [1.29, 1.82) is 0 Å². The minimum Gasteiger partial charge on any atom is -0.454 e. The SMILES string of the molecule is Cc1ccc(S(=O)(=O)NC(C)/C=C/c2ccc3c(c2)OCO3)cc1. The molecule has 5 nitrogen and oxygen atoms in total. The lowest BCUT2D eigenvalue weighted by Crippen LogP contribution is -2.31. The molecule has 1 aliphatic rings. The maximum absolute atomic E-state index is 12.3. The molecule has 1 aliphatic heterocycles. The first-order valence-electron chi connectivity index (χ1n) is 7.61. The second kappa shape index (κ2) is 6.67. The van der Waals surface area contributed by atoms with Crippen LogP contribution in [0.15, 0.2) is 53.4 Å². The summed E-state index contributed by atoms with van der Waals surface area (Å²) in [5.74, 6) is 1.42. The molecular formula is C18H19NO4S. The molecule has 1 heterocycles. The topological polar surface area (TPSA) is 64.6 Å². The van der Waals surface area contributed by atoms with Gasteiger partial charge in [-0.2, -0.15) is 0 Å². The Morgan fingerprint density at radius 1 is 1.08 bits per heavy atom. The predicted molar refractivity (Wildman–Crippen MR) is 92.6 cm³/mol. The molecule has 0 aromatic heterocycles. The van der Waals surface area contributed by atoms with Gasteiger partial charge in [-0.15, -0.1) is 0 Å². The highest BCUT2D eigenvalue weighted by atomic mass is 32.2. The Morgan fingerprint density at radius 2 is 1.79 bits per heavy atom. The van der Waals surface area contributed by atoms with Crippen molar-refractivity contribution in [3.8, 4) is 11.5 Å². The Labute approximate surface area is 142 Å². The second-order valence-electron chi connectivity index (χ2n) is 5.69. The highest BCUT2D eigenvalue weighted by Gasteiger charge is 2.16. The molecule has 2 aromatic rings. The molecule has 126 valence electrons. The van der Waals surface area contributed by atoms with Crippen molar-refractivity contribution in [3.63, 3.8) is 0 Å². The fraction of sp³-hybridized carbons (Fsp3) is 0.222. The number of rotatable bonds is 5. The Kier molecular flexibility index (Phi) is 4.59. The maximum atomic E-state index is 12.3. The molecule has 0 fully saturated rings. The number of ether oxygens (including phenoxy) is 2. The van der Waals surface area contributed by atoms with Crippen molar-refractivity contribution in [2.75, 3.05) is 6.79 Å². The van der Waals surface area contributed by atoms with Gasteiger partial charge in [0.25, 0.3) is 0 Å². The molecule has 1 unspecified atom stereocenters. The molecular weight excluding hydrogens is 326 g/mol. The molecule has 1 N–H and O–H groups in total. The summed E-state index contributed by atoms with van der Waals surface area (Å²) in [5.41, 5.74) is 1.94. The highest BCUT2D eigenvalue weighted by Crippen LogP contribution is 2.32. The van der Waals surface area contributed by atoms with Crippen molar-refractivity contribution < 1.29 is 17.9 Å². The Morgan fingerprint density at radius 3 is 2.54 bits per heavy atom. The maximum Gasteiger partial charge on any atom is 0.241 e. The number of nitrogens with one attached hydrogen (secondary N) is 1. The van der Waals surface area contributed by atoms with Gasteiger partial charge < -0.3 is 9.47 Å². The summed E-state index contributed by atoms with van der Waals surface area (Å²) in [6.07, 6.45) is 3.65. The van der Waals surface area contributed by atoms with Crippen molar-refractivity contribution in [2.24, 2.45) is 0 Å². The third-order valence-corrected chi connectivity index (χ3v) is 5.22. The summed E-state index contributed by atoms with van der Waals surface area (Å²) < 4.78 is 37.9. The van der Waals surface area contributed by atoms with Crippen LogP contribution in [0, 0.1) is 6.92 Å². The van der Waals surface area contributed by atoms with Crippen LogP contribution in [-0.2, 0) is 10.0 Å². The van der Waals surface area contributed by atoms with Gasteiger partial charge in [-0.25, -0.2) is 13.1 Å². The molecule has 0 saturated carbocycles. The Bertz CT molecular complexity index is 857. The van der Waals surface area contributed by atoms with E-state index in [0.717, 1.165) is 16.9 Å². The Hall–Kier alpha value is -2.31. The first-order valence-corrected chi connectivity index (χ1v) is 9.09. The monoisotopic (exact) mass is 345 g/mol. The van der Waals surface area contributed by atoms with Crippen molar-refractivity contribution >= 4 is 16.1 Å². The fourth-order valence-electron chi connectivity index (χ4n) is 2.34. The molecule has 24 heavy (non-hydrogen) atoms. The first-order chi connectivity index (χ1) is 11.4. The van der Waals surface area contributed by atoms with Gasteiger partial charge in [0, 0.05) is 6.04 Å². The van der Waals surface area contributed by atoms with Gasteiger partial charge in [0.05, 0.1) is 4.90 Å². The summed E-state index contributed by atoms with van der Waals surface area (Å²) in [4.78, 5) is 0.261. The van der Waals surface area contributed by atoms with Gasteiger partial charge in [-0.3, -0.25) is 0 Å². The summed E-state index contributed by atoms with van der Waals surface area (Å²) in [7, 11) is -3.54. The average molecular weight is 345 g/mol. The largest absolute Gasteiger partial charge is 0.454 e. The van der Waals surface area contributed by atoms with Crippen LogP contribution in [0.2, 0.25) is 0 Å². The van der Waals surface area contributed by atoms with Crippen LogP contribution in [0.5, 0.6) is 11.5 Å². The minimum atomic E-state index is -3.54. The minimum absolute atomic E-state index is 0.231. The van der Waals surface area contributed by atoms with Crippen LogP contribution in [0.25, 0.3) is 6.08 Å². The van der Waals surface area contributed by atoms with Crippen molar-refractivity contribution in [3.05, 3.63) is 59.7 Å². The standard InChI is InChI=1S/C18H19NO4S/c1-13-3-8-16(9-4-13)24(20,21)19-14(2)5-6-15-7-10-17-18(11-15)23-12-22-17/h3-11,14,19H,12H2,1-2H3/b6-5+. The molecule has 1 atom stereocenters. The molecule has 2 aromatic carbocycles. The summed E-state index contributed by atoms with van der Waals surface area (Å²) in [5, 5.41) is 0. The van der Waals surface area contributed by atoms with E-state index in [1.54, 1.807) is 37.3 Å². The number of benzene rings is 2. The average Bonchev–Trinajstić information content (AvgIpc) is 3.00. The van der Waals surface area contributed by atoms with Gasteiger partial charge >= 0.3 is 0 Å². The summed E-state index contributed by atoms with van der Waals surface area (Å²) in [6, 6.07) is 12.0. The van der Waals surface area contributed by atoms with E-state index in [2.05, 4.69) is 4.72 Å². The molecule has 0 aliphatic carbocycles. The van der Waals surface area contributed by atoms with Gasteiger partial charge in [0.1, 0.15) is 0 Å². The van der Waals surface area contributed by atoms with Crippen LogP contribution in [0.3, 0.4) is 0 Å². The third kappa shape index (κ3) is 3.77. The van der Waals surface area contributed by atoms with Gasteiger partial charge in [0.15, 0.2) is 11.5 Å². The van der Waals surface area contributed by atoms with E-state index < -0.39 is 10.0 Å². The zero-order chi connectivity index (χ0) is 17.2. The van der Waals surface area contributed by atoms with E-state index >= 15 is 0 Å². The lowest BCUT2D eigenvalue weighted by atomic mass is 10.1. The first kappa shape index (κ1) is 16.5. The molecule has 6 heteroatoms. The third-order valence-electron chi connectivity index (χ3n) is 3.65. The Balaban J connectivity index is 1.68. The van der Waals surface area contributed by atoms with Gasteiger partial charge in [-0.05, 0) is 43.7 Å². The van der Waals surface area contributed by atoms with Crippen LogP contribution >= 0.6 is 0 Å². The van der Waals surface area contributed by atoms with E-state index in [1.807, 2.05) is 31.2 Å².